The number of anilines is 2. The zero-order chi connectivity index (χ0) is 18.5. The summed E-state index contributed by atoms with van der Waals surface area (Å²) in [6.45, 7) is 6.51. The number of hydrogen-bond acceptors (Lipinski definition) is 5. The maximum Gasteiger partial charge on any atom is 0.274 e. The van der Waals surface area contributed by atoms with Gasteiger partial charge in [-0.2, -0.15) is 0 Å². The lowest BCUT2D eigenvalue weighted by Gasteiger charge is -2.33. The Kier molecular flexibility index (Phi) is 5.46. The summed E-state index contributed by atoms with van der Waals surface area (Å²) in [6.07, 6.45) is 1.71. The fourth-order valence-corrected chi connectivity index (χ4v) is 3.02. The number of carbonyl (C=O) groups excluding carboxylic acids is 2. The fourth-order valence-electron chi connectivity index (χ4n) is 3.02. The summed E-state index contributed by atoms with van der Waals surface area (Å²) >= 11 is 0. The van der Waals surface area contributed by atoms with E-state index < -0.39 is 0 Å². The van der Waals surface area contributed by atoms with Gasteiger partial charge in [0.25, 0.3) is 5.91 Å². The quantitative estimate of drug-likeness (QED) is 0.831. The van der Waals surface area contributed by atoms with Gasteiger partial charge in [0, 0.05) is 37.9 Å². The molecule has 1 aliphatic rings. The van der Waals surface area contributed by atoms with Gasteiger partial charge < -0.3 is 15.1 Å². The third-order valence-electron chi connectivity index (χ3n) is 4.49. The zero-order valence-corrected chi connectivity index (χ0v) is 15.1. The van der Waals surface area contributed by atoms with E-state index in [2.05, 4.69) is 27.1 Å². The number of aryl methyl sites for hydroxylation is 2. The van der Waals surface area contributed by atoms with Crippen LogP contribution in [0.15, 0.2) is 30.3 Å². The molecule has 7 nitrogen and oxygen atoms in total. The molecular formula is C19H23N5O2. The van der Waals surface area contributed by atoms with Crippen LogP contribution in [0.5, 0.6) is 0 Å². The average molecular weight is 353 g/mol. The van der Waals surface area contributed by atoms with Gasteiger partial charge in [0.2, 0.25) is 6.41 Å². The van der Waals surface area contributed by atoms with Gasteiger partial charge in [-0.1, -0.05) is 25.1 Å². The van der Waals surface area contributed by atoms with E-state index in [1.807, 2.05) is 24.3 Å². The summed E-state index contributed by atoms with van der Waals surface area (Å²) in [5.74, 6) is 1.02. The molecule has 0 unspecified atom stereocenters. The predicted molar refractivity (Wildman–Crippen MR) is 100 cm³/mol. The van der Waals surface area contributed by atoms with Crippen molar-refractivity contribution in [3.63, 3.8) is 0 Å². The Balaban J connectivity index is 1.79. The summed E-state index contributed by atoms with van der Waals surface area (Å²) in [5.41, 5.74) is 2.23. The Bertz CT molecular complexity index is 800. The summed E-state index contributed by atoms with van der Waals surface area (Å²) < 4.78 is 0. The lowest BCUT2D eigenvalue weighted by molar-refractivity contribution is -0.118. The second kappa shape index (κ2) is 7.95. The van der Waals surface area contributed by atoms with Crippen LogP contribution in [0, 0.1) is 6.92 Å². The number of rotatable bonds is 5. The van der Waals surface area contributed by atoms with Crippen LogP contribution in [-0.2, 0) is 11.2 Å². The number of hydrogen-bond donors (Lipinski definition) is 1. The predicted octanol–water partition coefficient (Wildman–Crippen LogP) is 1.88. The van der Waals surface area contributed by atoms with Crippen molar-refractivity contribution in [3.8, 4) is 0 Å². The number of nitrogens with zero attached hydrogens (tertiary/aromatic N) is 4. The molecule has 1 aromatic carbocycles. The van der Waals surface area contributed by atoms with E-state index in [0.717, 1.165) is 29.9 Å². The van der Waals surface area contributed by atoms with Gasteiger partial charge in [-0.3, -0.25) is 9.59 Å². The Morgan fingerprint density at radius 2 is 1.92 bits per heavy atom. The van der Waals surface area contributed by atoms with E-state index in [4.69, 9.17) is 0 Å². The van der Waals surface area contributed by atoms with Crippen molar-refractivity contribution >= 4 is 23.8 Å². The lowest BCUT2D eigenvalue weighted by Crippen LogP contribution is -2.46. The van der Waals surface area contributed by atoms with E-state index in [0.29, 0.717) is 37.7 Å². The maximum atomic E-state index is 12.7. The second-order valence-electron chi connectivity index (χ2n) is 6.25. The van der Waals surface area contributed by atoms with Crippen LogP contribution in [0.3, 0.4) is 0 Å². The van der Waals surface area contributed by atoms with Crippen LogP contribution in [0.2, 0.25) is 0 Å². The van der Waals surface area contributed by atoms with Crippen molar-refractivity contribution in [2.45, 2.75) is 20.3 Å². The Labute approximate surface area is 153 Å². The van der Waals surface area contributed by atoms with Gasteiger partial charge in [-0.15, -0.1) is 0 Å². The molecular weight excluding hydrogens is 330 g/mol. The van der Waals surface area contributed by atoms with E-state index >= 15 is 0 Å². The highest BCUT2D eigenvalue weighted by molar-refractivity contribution is 6.03. The first kappa shape index (κ1) is 17.8. The van der Waals surface area contributed by atoms with Gasteiger partial charge in [0.05, 0.1) is 0 Å². The topological polar surface area (TPSA) is 78.4 Å². The molecule has 2 heterocycles. The minimum absolute atomic E-state index is 0.246. The maximum absolute atomic E-state index is 12.7. The highest BCUT2D eigenvalue weighted by atomic mass is 16.2. The first-order valence-electron chi connectivity index (χ1n) is 8.80. The standard InChI is InChI=1S/C19H23N5O2/c1-3-15-6-4-5-7-16(15)22-19(26)17-12-18(21-14(2)20-17)24-10-8-23(13-25)9-11-24/h4-7,12-13H,3,8-11H2,1-2H3,(H,22,26). The molecule has 0 saturated carbocycles. The van der Waals surface area contributed by atoms with E-state index in [9.17, 15) is 9.59 Å². The Morgan fingerprint density at radius 3 is 2.62 bits per heavy atom. The number of piperazine rings is 1. The van der Waals surface area contributed by atoms with Crippen LogP contribution >= 0.6 is 0 Å². The molecule has 0 bridgehead atoms. The minimum atomic E-state index is -0.246. The molecule has 7 heteroatoms. The van der Waals surface area contributed by atoms with Crippen LogP contribution in [-0.4, -0.2) is 53.4 Å². The number of nitrogens with one attached hydrogen (secondary N) is 1. The molecule has 0 aliphatic carbocycles. The average Bonchev–Trinajstić information content (AvgIpc) is 2.68. The molecule has 1 aromatic heterocycles. The van der Waals surface area contributed by atoms with Crippen molar-refractivity contribution < 1.29 is 9.59 Å². The molecule has 2 amide bonds. The first-order valence-corrected chi connectivity index (χ1v) is 8.80. The third-order valence-corrected chi connectivity index (χ3v) is 4.49. The molecule has 0 radical (unpaired) electrons. The van der Waals surface area contributed by atoms with Crippen molar-refractivity contribution in [3.05, 3.63) is 47.4 Å². The zero-order valence-electron chi connectivity index (χ0n) is 15.1. The van der Waals surface area contributed by atoms with Crippen LogP contribution < -0.4 is 10.2 Å². The molecule has 1 fully saturated rings. The van der Waals surface area contributed by atoms with Gasteiger partial charge >= 0.3 is 0 Å². The van der Waals surface area contributed by atoms with Crippen molar-refractivity contribution in [1.82, 2.24) is 14.9 Å². The summed E-state index contributed by atoms with van der Waals surface area (Å²) in [4.78, 5) is 36.1. The van der Waals surface area contributed by atoms with E-state index in [1.54, 1.807) is 17.9 Å². The van der Waals surface area contributed by atoms with Crippen LogP contribution in [0.25, 0.3) is 0 Å². The van der Waals surface area contributed by atoms with E-state index in [-0.39, 0.29) is 5.91 Å². The van der Waals surface area contributed by atoms with Gasteiger partial charge in [0.1, 0.15) is 17.3 Å². The molecule has 2 aromatic rings. The largest absolute Gasteiger partial charge is 0.353 e. The number of amides is 2. The summed E-state index contributed by atoms with van der Waals surface area (Å²) in [6, 6.07) is 9.47. The molecule has 136 valence electrons. The summed E-state index contributed by atoms with van der Waals surface area (Å²) in [7, 11) is 0. The van der Waals surface area contributed by atoms with Gasteiger partial charge in [-0.05, 0) is 25.0 Å². The smallest absolute Gasteiger partial charge is 0.274 e. The molecule has 1 aliphatic heterocycles. The normalized spacial score (nSPS) is 14.2. The monoisotopic (exact) mass is 353 g/mol. The highest BCUT2D eigenvalue weighted by Gasteiger charge is 2.19. The minimum Gasteiger partial charge on any atom is -0.353 e. The SMILES string of the molecule is CCc1ccccc1NC(=O)c1cc(N2CCN(C=O)CC2)nc(C)n1. The number of aromatic nitrogens is 2. The van der Waals surface area contributed by atoms with Crippen molar-refractivity contribution in [2.75, 3.05) is 36.4 Å². The number of para-hydroxylation sites is 1. The van der Waals surface area contributed by atoms with E-state index in [1.165, 1.54) is 0 Å². The van der Waals surface area contributed by atoms with Crippen LogP contribution in [0.4, 0.5) is 11.5 Å². The molecule has 1 saturated heterocycles. The number of benzene rings is 1. The lowest BCUT2D eigenvalue weighted by atomic mass is 10.1. The Morgan fingerprint density at radius 1 is 1.19 bits per heavy atom. The fraction of sp³-hybridized carbons (Fsp3) is 0.368. The van der Waals surface area contributed by atoms with Gasteiger partial charge in [-0.25, -0.2) is 9.97 Å². The Hall–Kier alpha value is -2.96. The second-order valence-corrected chi connectivity index (χ2v) is 6.25. The number of carbonyl (C=O) groups is 2. The van der Waals surface area contributed by atoms with Crippen molar-refractivity contribution in [2.24, 2.45) is 0 Å². The molecule has 0 atom stereocenters. The molecule has 1 N–H and O–H groups in total. The summed E-state index contributed by atoms with van der Waals surface area (Å²) in [5, 5.41) is 2.95. The molecule has 3 rings (SSSR count). The molecule has 26 heavy (non-hydrogen) atoms. The van der Waals surface area contributed by atoms with Crippen LogP contribution in [0.1, 0.15) is 28.8 Å². The van der Waals surface area contributed by atoms with Gasteiger partial charge in [0.15, 0.2) is 0 Å². The highest BCUT2D eigenvalue weighted by Crippen LogP contribution is 2.19. The third kappa shape index (κ3) is 3.99. The first-order chi connectivity index (χ1) is 12.6. The molecule has 0 spiro atoms. The van der Waals surface area contributed by atoms with Crippen molar-refractivity contribution in [1.29, 1.82) is 0 Å².